The predicted molar refractivity (Wildman–Crippen MR) is 87.8 cm³/mol. The molecule has 2 fully saturated rings. The smallest absolute Gasteiger partial charge is 0.134 e. The van der Waals surface area contributed by atoms with Crippen molar-refractivity contribution in [3.05, 3.63) is 17.6 Å². The first kappa shape index (κ1) is 14.8. The quantitative estimate of drug-likeness (QED) is 0.840. The molecule has 0 spiro atoms. The summed E-state index contributed by atoms with van der Waals surface area (Å²) in [5.41, 5.74) is 1.30. The highest BCUT2D eigenvalue weighted by molar-refractivity contribution is 5.37. The van der Waals surface area contributed by atoms with Crippen LogP contribution in [0.1, 0.15) is 88.6 Å². The Morgan fingerprint density at radius 2 is 1.86 bits per heavy atom. The second-order valence-corrected chi connectivity index (χ2v) is 6.83. The molecule has 21 heavy (non-hydrogen) atoms. The van der Waals surface area contributed by atoms with Crippen LogP contribution in [0.15, 0.2) is 6.07 Å². The molecular formula is C18H29N3. The summed E-state index contributed by atoms with van der Waals surface area (Å²) in [5, 5.41) is 3.41. The van der Waals surface area contributed by atoms with E-state index >= 15 is 0 Å². The standard InChI is InChI=1S/C18H29N3/c1-3-13-9-10-15(11-13)18-20-16(14-7-5-6-8-14)12-17(21-18)19-4-2/h12-15H,3-11H2,1-2H3,(H,19,20,21). The molecule has 116 valence electrons. The first-order valence-electron chi connectivity index (χ1n) is 8.92. The van der Waals surface area contributed by atoms with E-state index in [0.29, 0.717) is 11.8 Å². The number of aromatic nitrogens is 2. The number of nitrogens with zero attached hydrogens (tertiary/aromatic N) is 2. The van der Waals surface area contributed by atoms with E-state index < -0.39 is 0 Å². The number of rotatable bonds is 5. The van der Waals surface area contributed by atoms with Gasteiger partial charge in [-0.05, 0) is 44.9 Å². The van der Waals surface area contributed by atoms with Gasteiger partial charge in [-0.3, -0.25) is 0 Å². The first-order valence-corrected chi connectivity index (χ1v) is 8.92. The molecule has 0 bridgehead atoms. The fourth-order valence-electron chi connectivity index (χ4n) is 4.05. The van der Waals surface area contributed by atoms with Gasteiger partial charge in [-0.1, -0.05) is 26.2 Å². The Morgan fingerprint density at radius 3 is 2.52 bits per heavy atom. The highest BCUT2D eigenvalue weighted by atomic mass is 15.0. The van der Waals surface area contributed by atoms with E-state index in [2.05, 4.69) is 25.2 Å². The van der Waals surface area contributed by atoms with Crippen LogP contribution < -0.4 is 5.32 Å². The largest absolute Gasteiger partial charge is 0.370 e. The van der Waals surface area contributed by atoms with Crippen molar-refractivity contribution in [2.24, 2.45) is 5.92 Å². The summed E-state index contributed by atoms with van der Waals surface area (Å²) in [6.07, 6.45) is 10.6. The third-order valence-electron chi connectivity index (χ3n) is 5.38. The fourth-order valence-corrected chi connectivity index (χ4v) is 4.05. The zero-order valence-electron chi connectivity index (χ0n) is 13.6. The number of hydrogen-bond acceptors (Lipinski definition) is 3. The predicted octanol–water partition coefficient (Wildman–Crippen LogP) is 4.86. The van der Waals surface area contributed by atoms with Gasteiger partial charge in [0.15, 0.2) is 0 Å². The number of hydrogen-bond donors (Lipinski definition) is 1. The maximum absolute atomic E-state index is 5.00. The normalized spacial score (nSPS) is 26.4. The van der Waals surface area contributed by atoms with Gasteiger partial charge in [-0.2, -0.15) is 0 Å². The van der Waals surface area contributed by atoms with Crippen molar-refractivity contribution in [1.29, 1.82) is 0 Å². The van der Waals surface area contributed by atoms with Crippen LogP contribution in [0, 0.1) is 5.92 Å². The van der Waals surface area contributed by atoms with Gasteiger partial charge in [0.1, 0.15) is 11.6 Å². The second-order valence-electron chi connectivity index (χ2n) is 6.83. The van der Waals surface area contributed by atoms with Gasteiger partial charge < -0.3 is 5.32 Å². The highest BCUT2D eigenvalue weighted by Crippen LogP contribution is 2.40. The molecule has 0 saturated heterocycles. The van der Waals surface area contributed by atoms with Crippen molar-refractivity contribution in [3.63, 3.8) is 0 Å². The lowest BCUT2D eigenvalue weighted by molar-refractivity contribution is 0.515. The molecule has 0 aliphatic heterocycles. The molecule has 2 saturated carbocycles. The monoisotopic (exact) mass is 287 g/mol. The van der Waals surface area contributed by atoms with E-state index in [1.54, 1.807) is 0 Å². The minimum absolute atomic E-state index is 0.591. The molecule has 2 atom stereocenters. The van der Waals surface area contributed by atoms with Crippen molar-refractivity contribution < 1.29 is 0 Å². The molecule has 2 unspecified atom stereocenters. The summed E-state index contributed by atoms with van der Waals surface area (Å²) < 4.78 is 0. The molecule has 1 heterocycles. The zero-order chi connectivity index (χ0) is 14.7. The summed E-state index contributed by atoms with van der Waals surface area (Å²) in [5.74, 6) is 4.31. The lowest BCUT2D eigenvalue weighted by Gasteiger charge is -2.16. The van der Waals surface area contributed by atoms with Gasteiger partial charge in [0.2, 0.25) is 0 Å². The fraction of sp³-hybridized carbons (Fsp3) is 0.778. The minimum atomic E-state index is 0.591. The van der Waals surface area contributed by atoms with Crippen molar-refractivity contribution in [3.8, 4) is 0 Å². The molecule has 0 aromatic carbocycles. The summed E-state index contributed by atoms with van der Waals surface area (Å²) in [4.78, 5) is 9.82. The first-order chi connectivity index (χ1) is 10.3. The van der Waals surface area contributed by atoms with Crippen LogP contribution in [0.5, 0.6) is 0 Å². The molecule has 1 aromatic heterocycles. The summed E-state index contributed by atoms with van der Waals surface area (Å²) >= 11 is 0. The Morgan fingerprint density at radius 1 is 1.05 bits per heavy atom. The highest BCUT2D eigenvalue weighted by Gasteiger charge is 2.28. The van der Waals surface area contributed by atoms with Crippen molar-refractivity contribution in [2.75, 3.05) is 11.9 Å². The van der Waals surface area contributed by atoms with Crippen LogP contribution in [0.3, 0.4) is 0 Å². The van der Waals surface area contributed by atoms with E-state index in [9.17, 15) is 0 Å². The average Bonchev–Trinajstić information content (AvgIpc) is 3.19. The Bertz CT molecular complexity index is 466. The SMILES string of the molecule is CCNc1cc(C2CCCC2)nc(C2CCC(CC)C2)n1. The zero-order valence-corrected chi connectivity index (χ0v) is 13.6. The molecule has 2 aliphatic rings. The van der Waals surface area contributed by atoms with Crippen molar-refractivity contribution in [2.45, 2.75) is 77.0 Å². The molecule has 2 aliphatic carbocycles. The van der Waals surface area contributed by atoms with E-state index in [4.69, 9.17) is 9.97 Å². The maximum Gasteiger partial charge on any atom is 0.134 e. The van der Waals surface area contributed by atoms with E-state index in [0.717, 1.165) is 24.1 Å². The van der Waals surface area contributed by atoms with Crippen LogP contribution in [0.4, 0.5) is 5.82 Å². The van der Waals surface area contributed by atoms with Gasteiger partial charge in [-0.25, -0.2) is 9.97 Å². The lowest BCUT2D eigenvalue weighted by atomic mass is 10.0. The molecule has 3 rings (SSSR count). The van der Waals surface area contributed by atoms with E-state index in [1.165, 1.54) is 57.1 Å². The summed E-state index contributed by atoms with van der Waals surface area (Å²) in [7, 11) is 0. The summed E-state index contributed by atoms with van der Waals surface area (Å²) in [6.45, 7) is 5.38. The molecular weight excluding hydrogens is 258 g/mol. The van der Waals surface area contributed by atoms with Crippen LogP contribution >= 0.6 is 0 Å². The van der Waals surface area contributed by atoms with Crippen LogP contribution in [-0.2, 0) is 0 Å². The molecule has 3 nitrogen and oxygen atoms in total. The van der Waals surface area contributed by atoms with Gasteiger partial charge in [0.05, 0.1) is 0 Å². The average molecular weight is 287 g/mol. The third kappa shape index (κ3) is 3.38. The van der Waals surface area contributed by atoms with Gasteiger partial charge in [0, 0.05) is 30.1 Å². The van der Waals surface area contributed by atoms with Crippen LogP contribution in [-0.4, -0.2) is 16.5 Å². The Balaban J connectivity index is 1.84. The molecule has 1 aromatic rings. The summed E-state index contributed by atoms with van der Waals surface area (Å²) in [6, 6.07) is 2.20. The second kappa shape index (κ2) is 6.76. The van der Waals surface area contributed by atoms with Crippen LogP contribution in [0.25, 0.3) is 0 Å². The Hall–Kier alpha value is -1.12. The van der Waals surface area contributed by atoms with Crippen molar-refractivity contribution in [1.82, 2.24) is 9.97 Å². The molecule has 0 radical (unpaired) electrons. The number of anilines is 1. The number of nitrogens with one attached hydrogen (secondary N) is 1. The molecule has 3 heteroatoms. The lowest BCUT2D eigenvalue weighted by Crippen LogP contribution is -2.10. The topological polar surface area (TPSA) is 37.8 Å². The third-order valence-corrected chi connectivity index (χ3v) is 5.38. The molecule has 0 amide bonds. The van der Waals surface area contributed by atoms with E-state index in [1.807, 2.05) is 0 Å². The Kier molecular flexibility index (Phi) is 4.77. The minimum Gasteiger partial charge on any atom is -0.370 e. The van der Waals surface area contributed by atoms with Gasteiger partial charge in [-0.15, -0.1) is 0 Å². The van der Waals surface area contributed by atoms with Crippen molar-refractivity contribution >= 4 is 5.82 Å². The van der Waals surface area contributed by atoms with Gasteiger partial charge >= 0.3 is 0 Å². The Labute approximate surface area is 129 Å². The molecule has 1 N–H and O–H groups in total. The van der Waals surface area contributed by atoms with Crippen LogP contribution in [0.2, 0.25) is 0 Å². The maximum atomic E-state index is 5.00. The van der Waals surface area contributed by atoms with Gasteiger partial charge in [0.25, 0.3) is 0 Å². The van der Waals surface area contributed by atoms with E-state index in [-0.39, 0.29) is 0 Å².